The third kappa shape index (κ3) is 4.19. The van der Waals surface area contributed by atoms with E-state index >= 15 is 0 Å². The number of likely N-dealkylation sites (N-methyl/N-ethyl adjacent to an activating group) is 1. The fourth-order valence-electron chi connectivity index (χ4n) is 8.60. The lowest BCUT2D eigenvalue weighted by Crippen LogP contribution is -2.63. The van der Waals surface area contributed by atoms with Crippen LogP contribution in [-0.2, 0) is 11.3 Å². The van der Waals surface area contributed by atoms with E-state index in [9.17, 15) is 14.4 Å². The Morgan fingerprint density at radius 3 is 2.59 bits per heavy atom. The van der Waals surface area contributed by atoms with Gasteiger partial charge in [-0.15, -0.1) is 0 Å². The summed E-state index contributed by atoms with van der Waals surface area (Å²) in [6.45, 7) is 4.20. The van der Waals surface area contributed by atoms with Gasteiger partial charge in [0.25, 0.3) is 11.8 Å². The molecule has 0 radical (unpaired) electrons. The molecule has 8 nitrogen and oxygen atoms in total. The summed E-state index contributed by atoms with van der Waals surface area (Å²) >= 11 is 0. The average molecular weight is 510 g/mol. The van der Waals surface area contributed by atoms with Crippen molar-refractivity contribution < 1.29 is 14.4 Å². The number of fused-ring (bicyclic) bond motifs is 3. The largest absolute Gasteiger partial charge is 0.351 e. The van der Waals surface area contributed by atoms with E-state index in [1.165, 1.54) is 56.3 Å². The van der Waals surface area contributed by atoms with Gasteiger partial charge in [0.2, 0.25) is 5.91 Å². The molecule has 0 saturated heterocycles. The van der Waals surface area contributed by atoms with E-state index in [-0.39, 0.29) is 47.5 Å². The lowest BCUT2D eigenvalue weighted by molar-refractivity contribution is -0.133. The first-order valence-electron chi connectivity index (χ1n) is 14.7. The van der Waals surface area contributed by atoms with E-state index in [2.05, 4.69) is 22.7 Å². The fourth-order valence-corrected chi connectivity index (χ4v) is 8.60. The molecule has 5 aliphatic rings. The van der Waals surface area contributed by atoms with Crippen LogP contribution in [0.15, 0.2) is 6.07 Å². The van der Waals surface area contributed by atoms with Crippen LogP contribution in [0.2, 0.25) is 0 Å². The first-order chi connectivity index (χ1) is 17.7. The van der Waals surface area contributed by atoms with Crippen LogP contribution in [0.5, 0.6) is 0 Å². The summed E-state index contributed by atoms with van der Waals surface area (Å²) < 4.78 is 1.57. The minimum Gasteiger partial charge on any atom is -0.351 e. The number of hydrogen-bond acceptors (Lipinski definition) is 4. The number of aromatic nitrogens is 2. The molecule has 6 rings (SSSR count). The summed E-state index contributed by atoms with van der Waals surface area (Å²) in [6.07, 6.45) is 14.5. The molecular formula is C29H43N5O3. The molecule has 0 aromatic carbocycles. The highest BCUT2D eigenvalue weighted by Crippen LogP contribution is 2.61. The van der Waals surface area contributed by atoms with Gasteiger partial charge in [-0.25, -0.2) is 0 Å². The molecule has 2 N–H and O–H groups in total. The van der Waals surface area contributed by atoms with Gasteiger partial charge in [-0.05, 0) is 75.5 Å². The molecule has 4 fully saturated rings. The van der Waals surface area contributed by atoms with Crippen molar-refractivity contribution >= 4 is 17.7 Å². The number of hydrogen-bond donors (Lipinski definition) is 2. The summed E-state index contributed by atoms with van der Waals surface area (Å²) in [7, 11) is 1.68. The Balaban J connectivity index is 1.17. The molecule has 8 heteroatoms. The zero-order chi connectivity index (χ0) is 25.9. The average Bonchev–Trinajstić information content (AvgIpc) is 3.37. The number of nitrogens with zero attached hydrogens (tertiary/aromatic N) is 3. The SMILES string of the molecule is CC(NC(=O)c1cc2n(n1)CC(C)(C(=O)NC1CCCCC1)N(C)C2=O)C12CC3CCCC(C1)C(C3)C2. The van der Waals surface area contributed by atoms with E-state index < -0.39 is 5.54 Å². The van der Waals surface area contributed by atoms with Crippen LogP contribution in [0.3, 0.4) is 0 Å². The van der Waals surface area contributed by atoms with Crippen LogP contribution < -0.4 is 10.6 Å². The summed E-state index contributed by atoms with van der Waals surface area (Å²) in [5.74, 6) is 1.81. The van der Waals surface area contributed by atoms with Gasteiger partial charge in [-0.2, -0.15) is 5.10 Å². The van der Waals surface area contributed by atoms with Crippen molar-refractivity contribution in [3.8, 4) is 0 Å². The third-order valence-electron chi connectivity index (χ3n) is 11.0. The molecular weight excluding hydrogens is 466 g/mol. The highest BCUT2D eigenvalue weighted by molar-refractivity contribution is 6.01. The van der Waals surface area contributed by atoms with Crippen LogP contribution in [0.25, 0.3) is 0 Å². The van der Waals surface area contributed by atoms with Gasteiger partial charge in [-0.3, -0.25) is 19.1 Å². The van der Waals surface area contributed by atoms with Crippen molar-refractivity contribution in [1.29, 1.82) is 0 Å². The van der Waals surface area contributed by atoms with Crippen molar-refractivity contribution in [3.05, 3.63) is 17.5 Å². The predicted molar refractivity (Wildman–Crippen MR) is 140 cm³/mol. The highest BCUT2D eigenvalue weighted by Gasteiger charge is 2.54. The molecule has 4 aliphatic carbocycles. The second-order valence-electron chi connectivity index (χ2n) is 13.2. The molecule has 2 heterocycles. The minimum atomic E-state index is -1.05. The van der Waals surface area contributed by atoms with Gasteiger partial charge in [-0.1, -0.05) is 38.5 Å². The van der Waals surface area contributed by atoms with Gasteiger partial charge in [0, 0.05) is 25.2 Å². The second-order valence-corrected chi connectivity index (χ2v) is 13.2. The molecule has 6 unspecified atom stereocenters. The Morgan fingerprint density at radius 1 is 1.05 bits per heavy atom. The lowest BCUT2D eigenvalue weighted by atomic mass is 9.66. The Hall–Kier alpha value is -2.38. The molecule has 3 bridgehead atoms. The third-order valence-corrected chi connectivity index (χ3v) is 11.0. The highest BCUT2D eigenvalue weighted by atomic mass is 16.2. The molecule has 1 aromatic heterocycles. The molecule has 1 aromatic rings. The van der Waals surface area contributed by atoms with Crippen LogP contribution in [-0.4, -0.2) is 57.1 Å². The van der Waals surface area contributed by atoms with Crippen molar-refractivity contribution in [2.24, 2.45) is 23.2 Å². The smallest absolute Gasteiger partial charge is 0.272 e. The van der Waals surface area contributed by atoms with Crippen molar-refractivity contribution in [3.63, 3.8) is 0 Å². The van der Waals surface area contributed by atoms with Crippen LogP contribution in [0.1, 0.15) is 112 Å². The summed E-state index contributed by atoms with van der Waals surface area (Å²) in [5, 5.41) is 11.0. The molecule has 3 amide bonds. The van der Waals surface area contributed by atoms with E-state index in [1.54, 1.807) is 24.7 Å². The minimum absolute atomic E-state index is 0.0806. The monoisotopic (exact) mass is 509 g/mol. The normalized spacial score (nSPS) is 36.1. The van der Waals surface area contributed by atoms with Crippen LogP contribution >= 0.6 is 0 Å². The first-order valence-corrected chi connectivity index (χ1v) is 14.7. The maximum Gasteiger partial charge on any atom is 0.272 e. The van der Waals surface area contributed by atoms with Crippen molar-refractivity contribution in [2.45, 2.75) is 115 Å². The maximum atomic E-state index is 13.4. The van der Waals surface area contributed by atoms with Gasteiger partial charge in [0.15, 0.2) is 5.69 Å². The van der Waals surface area contributed by atoms with E-state index in [0.717, 1.165) is 43.4 Å². The standard InChI is InChI=1S/C29H43N5O3/c1-18(29-14-19-8-7-9-20(15-29)21(12-19)16-29)30-25(35)23-13-24-26(36)33(3)28(2,17-34(24)32-23)27(37)31-22-10-5-4-6-11-22/h13,18-22H,4-12,14-17H2,1-3H3,(H,30,35)(H,31,37). The first kappa shape index (κ1) is 24.9. The van der Waals surface area contributed by atoms with Crippen molar-refractivity contribution in [1.82, 2.24) is 25.3 Å². The van der Waals surface area contributed by atoms with E-state index in [4.69, 9.17) is 0 Å². The number of nitrogens with one attached hydrogen (secondary N) is 2. The summed E-state index contributed by atoms with van der Waals surface area (Å²) in [4.78, 5) is 41.6. The Labute approximate surface area is 220 Å². The molecule has 6 atom stereocenters. The molecule has 37 heavy (non-hydrogen) atoms. The van der Waals surface area contributed by atoms with Crippen LogP contribution in [0, 0.1) is 23.2 Å². The second kappa shape index (κ2) is 9.12. The summed E-state index contributed by atoms with van der Waals surface area (Å²) in [5.41, 5.74) is -0.219. The van der Waals surface area contributed by atoms with Gasteiger partial charge >= 0.3 is 0 Å². The van der Waals surface area contributed by atoms with E-state index in [1.807, 2.05) is 0 Å². The van der Waals surface area contributed by atoms with Gasteiger partial charge < -0.3 is 15.5 Å². The van der Waals surface area contributed by atoms with Gasteiger partial charge in [0.05, 0.1) is 6.54 Å². The number of carbonyl (C=O) groups is 3. The van der Waals surface area contributed by atoms with Crippen LogP contribution in [0.4, 0.5) is 0 Å². The molecule has 4 saturated carbocycles. The lowest BCUT2D eigenvalue weighted by Gasteiger charge is -2.42. The zero-order valence-corrected chi connectivity index (χ0v) is 22.7. The van der Waals surface area contributed by atoms with E-state index in [0.29, 0.717) is 5.69 Å². The molecule has 1 aliphatic heterocycles. The Kier molecular flexibility index (Phi) is 6.15. The zero-order valence-electron chi connectivity index (χ0n) is 22.7. The predicted octanol–water partition coefficient (Wildman–Crippen LogP) is 3.90. The maximum absolute atomic E-state index is 13.4. The number of rotatable bonds is 5. The van der Waals surface area contributed by atoms with Crippen molar-refractivity contribution in [2.75, 3.05) is 7.05 Å². The number of carbonyl (C=O) groups excluding carboxylic acids is 3. The Bertz CT molecular complexity index is 1090. The van der Waals surface area contributed by atoms with Gasteiger partial charge in [0.1, 0.15) is 11.2 Å². The topological polar surface area (TPSA) is 96.3 Å². The summed E-state index contributed by atoms with van der Waals surface area (Å²) in [6, 6.07) is 1.85. The quantitative estimate of drug-likeness (QED) is 0.629. The fraction of sp³-hybridized carbons (Fsp3) is 0.793. The number of amides is 3. The Morgan fingerprint density at radius 2 is 1.81 bits per heavy atom. The molecule has 202 valence electrons. The molecule has 0 spiro atoms.